The molecule has 0 aliphatic heterocycles. The van der Waals surface area contributed by atoms with Crippen molar-refractivity contribution in [3.05, 3.63) is 63.6 Å². The molecule has 108 valence electrons. The third kappa shape index (κ3) is 4.37. The van der Waals surface area contributed by atoms with Crippen molar-refractivity contribution in [2.24, 2.45) is 0 Å². The number of hydrogen-bond donors (Lipinski definition) is 2. The Morgan fingerprint density at radius 1 is 1.05 bits per heavy atom. The van der Waals surface area contributed by atoms with E-state index < -0.39 is 0 Å². The highest BCUT2D eigenvalue weighted by Crippen LogP contribution is 2.23. The molecule has 0 fully saturated rings. The molecule has 0 spiro atoms. The quantitative estimate of drug-likeness (QED) is 0.786. The van der Waals surface area contributed by atoms with E-state index in [2.05, 4.69) is 26.6 Å². The molecule has 2 aromatic carbocycles. The van der Waals surface area contributed by atoms with E-state index in [0.717, 1.165) is 21.3 Å². The van der Waals surface area contributed by atoms with E-state index in [1.807, 2.05) is 44.2 Å². The van der Waals surface area contributed by atoms with Gasteiger partial charge in [0.1, 0.15) is 0 Å². The molecule has 0 radical (unpaired) electrons. The van der Waals surface area contributed by atoms with E-state index in [1.165, 1.54) is 0 Å². The lowest BCUT2D eigenvalue weighted by Crippen LogP contribution is -2.34. The van der Waals surface area contributed by atoms with Gasteiger partial charge in [-0.25, -0.2) is 0 Å². The van der Waals surface area contributed by atoms with E-state index in [1.54, 1.807) is 12.1 Å². The summed E-state index contributed by atoms with van der Waals surface area (Å²) in [5.74, 6) is -0.226. The minimum atomic E-state index is -0.226. The third-order valence-corrected chi connectivity index (χ3v) is 3.77. The van der Waals surface area contributed by atoms with Gasteiger partial charge in [-0.2, -0.15) is 0 Å². The summed E-state index contributed by atoms with van der Waals surface area (Å²) in [6.45, 7) is 3.98. The summed E-state index contributed by atoms with van der Waals surface area (Å²) in [6, 6.07) is 13.2. The van der Waals surface area contributed by atoms with E-state index in [-0.39, 0.29) is 11.0 Å². The average Bonchev–Trinajstić information content (AvgIpc) is 2.42. The molecule has 0 aliphatic rings. The van der Waals surface area contributed by atoms with Gasteiger partial charge in [0.2, 0.25) is 0 Å². The van der Waals surface area contributed by atoms with Crippen LogP contribution in [-0.4, -0.2) is 11.0 Å². The topological polar surface area (TPSA) is 41.1 Å². The lowest BCUT2D eigenvalue weighted by molar-refractivity contribution is 0.0978. The smallest absolute Gasteiger partial charge is 0.257 e. The lowest BCUT2D eigenvalue weighted by Gasteiger charge is -2.11. The molecule has 0 aromatic heterocycles. The second kappa shape index (κ2) is 6.83. The fourth-order valence-electron chi connectivity index (χ4n) is 1.76. The first-order valence-corrected chi connectivity index (χ1v) is 7.61. The van der Waals surface area contributed by atoms with Gasteiger partial charge < -0.3 is 5.32 Å². The Morgan fingerprint density at radius 2 is 1.67 bits per heavy atom. The van der Waals surface area contributed by atoms with Crippen molar-refractivity contribution < 1.29 is 4.79 Å². The molecule has 0 saturated carbocycles. The molecule has 0 heterocycles. The number of amides is 1. The highest BCUT2D eigenvalue weighted by Gasteiger charge is 2.08. The van der Waals surface area contributed by atoms with Crippen LogP contribution < -0.4 is 10.6 Å². The monoisotopic (exact) mass is 362 g/mol. The highest BCUT2D eigenvalue weighted by molar-refractivity contribution is 9.10. The van der Waals surface area contributed by atoms with Crippen molar-refractivity contribution in [3.8, 4) is 0 Å². The van der Waals surface area contributed by atoms with Crippen molar-refractivity contribution in [1.82, 2.24) is 5.32 Å². The second-order valence-corrected chi connectivity index (χ2v) is 6.02. The molecule has 2 N–H and O–H groups in total. The Balaban J connectivity index is 2.01. The van der Waals surface area contributed by atoms with Crippen LogP contribution in [0.15, 0.2) is 46.9 Å². The van der Waals surface area contributed by atoms with Crippen LogP contribution in [0.25, 0.3) is 0 Å². The Kier molecular flexibility index (Phi) is 5.09. The molecule has 0 atom stereocenters. The summed E-state index contributed by atoms with van der Waals surface area (Å²) < 4.78 is 0.898. The van der Waals surface area contributed by atoms with Crippen molar-refractivity contribution in [2.75, 3.05) is 5.32 Å². The van der Waals surface area contributed by atoms with Crippen LogP contribution in [0.4, 0.5) is 5.69 Å². The van der Waals surface area contributed by atoms with Gasteiger partial charge in [0, 0.05) is 10.0 Å². The first-order valence-electron chi connectivity index (χ1n) is 6.41. The van der Waals surface area contributed by atoms with E-state index in [0.29, 0.717) is 5.56 Å². The summed E-state index contributed by atoms with van der Waals surface area (Å²) in [5.41, 5.74) is 3.64. The first kappa shape index (κ1) is 15.7. The van der Waals surface area contributed by atoms with Crippen LogP contribution in [0, 0.1) is 13.8 Å². The fraction of sp³-hybridized carbons (Fsp3) is 0.125. The van der Waals surface area contributed by atoms with Crippen LogP contribution in [0.3, 0.4) is 0 Å². The van der Waals surface area contributed by atoms with Gasteiger partial charge in [-0.05, 0) is 71.8 Å². The zero-order valence-electron chi connectivity index (χ0n) is 11.7. The molecule has 0 saturated heterocycles. The van der Waals surface area contributed by atoms with E-state index in [9.17, 15) is 4.79 Å². The molecule has 3 nitrogen and oxygen atoms in total. The average molecular weight is 363 g/mol. The summed E-state index contributed by atoms with van der Waals surface area (Å²) in [6.07, 6.45) is 0. The number of carbonyl (C=O) groups is 1. The maximum Gasteiger partial charge on any atom is 0.257 e. The number of hydrogen-bond acceptors (Lipinski definition) is 2. The maximum absolute atomic E-state index is 12.0. The van der Waals surface area contributed by atoms with Crippen molar-refractivity contribution in [3.63, 3.8) is 0 Å². The van der Waals surface area contributed by atoms with E-state index >= 15 is 0 Å². The number of halogens is 1. The van der Waals surface area contributed by atoms with Crippen LogP contribution in [0.5, 0.6) is 0 Å². The number of rotatable bonds is 2. The molecule has 0 unspecified atom stereocenters. The summed E-state index contributed by atoms with van der Waals surface area (Å²) in [4.78, 5) is 12.0. The predicted molar refractivity (Wildman–Crippen MR) is 93.7 cm³/mol. The summed E-state index contributed by atoms with van der Waals surface area (Å²) >= 11 is 8.63. The number of aryl methyl sites for hydroxylation is 2. The first-order chi connectivity index (χ1) is 9.95. The lowest BCUT2D eigenvalue weighted by atomic mass is 10.1. The number of nitrogens with one attached hydrogen (secondary N) is 2. The molecule has 2 rings (SSSR count). The van der Waals surface area contributed by atoms with Crippen molar-refractivity contribution in [2.45, 2.75) is 13.8 Å². The van der Waals surface area contributed by atoms with Gasteiger partial charge in [0.05, 0.1) is 5.69 Å². The number of carbonyl (C=O) groups excluding carboxylic acids is 1. The Morgan fingerprint density at radius 3 is 2.29 bits per heavy atom. The van der Waals surface area contributed by atoms with Gasteiger partial charge in [-0.15, -0.1) is 0 Å². The molecule has 2 aromatic rings. The van der Waals surface area contributed by atoms with Crippen LogP contribution in [0.2, 0.25) is 0 Å². The minimum Gasteiger partial charge on any atom is -0.331 e. The molecular formula is C16H15BrN2OS. The van der Waals surface area contributed by atoms with Crippen molar-refractivity contribution >= 4 is 44.9 Å². The fourth-order valence-corrected chi connectivity index (χ4v) is 2.55. The normalized spacial score (nSPS) is 10.0. The van der Waals surface area contributed by atoms with Crippen LogP contribution in [-0.2, 0) is 0 Å². The Labute approximate surface area is 137 Å². The van der Waals surface area contributed by atoms with Gasteiger partial charge >= 0.3 is 0 Å². The molecule has 21 heavy (non-hydrogen) atoms. The highest BCUT2D eigenvalue weighted by atomic mass is 79.9. The zero-order valence-corrected chi connectivity index (χ0v) is 14.1. The Hall–Kier alpha value is -1.72. The standard InChI is InChI=1S/C16H15BrN2OS/c1-10-3-6-12(7-4-10)15(20)19-16(21)18-14-8-5-11(2)9-13(14)17/h3-9H,1-2H3,(H2,18,19,20,21). The largest absolute Gasteiger partial charge is 0.331 e. The third-order valence-electron chi connectivity index (χ3n) is 2.91. The molecule has 5 heteroatoms. The SMILES string of the molecule is Cc1ccc(C(=O)NC(=S)Nc2ccc(C)cc2Br)cc1. The summed E-state index contributed by atoms with van der Waals surface area (Å²) in [7, 11) is 0. The van der Waals surface area contributed by atoms with Gasteiger partial charge in [-0.3, -0.25) is 10.1 Å². The maximum atomic E-state index is 12.0. The molecular weight excluding hydrogens is 348 g/mol. The second-order valence-electron chi connectivity index (χ2n) is 4.76. The van der Waals surface area contributed by atoms with Gasteiger partial charge in [0.25, 0.3) is 5.91 Å². The number of anilines is 1. The van der Waals surface area contributed by atoms with E-state index in [4.69, 9.17) is 12.2 Å². The van der Waals surface area contributed by atoms with Crippen molar-refractivity contribution in [1.29, 1.82) is 0 Å². The molecule has 0 bridgehead atoms. The molecule has 1 amide bonds. The van der Waals surface area contributed by atoms with Gasteiger partial charge in [0.15, 0.2) is 5.11 Å². The number of thiocarbonyl (C=S) groups is 1. The minimum absolute atomic E-state index is 0.226. The van der Waals surface area contributed by atoms with Crippen LogP contribution >= 0.6 is 28.1 Å². The van der Waals surface area contributed by atoms with Gasteiger partial charge in [-0.1, -0.05) is 23.8 Å². The number of benzene rings is 2. The molecule has 0 aliphatic carbocycles. The predicted octanol–water partition coefficient (Wildman–Crippen LogP) is 4.19. The Bertz CT molecular complexity index is 683. The van der Waals surface area contributed by atoms with Crippen LogP contribution in [0.1, 0.15) is 21.5 Å². The zero-order chi connectivity index (χ0) is 15.4. The summed E-state index contributed by atoms with van der Waals surface area (Å²) in [5, 5.41) is 5.94.